The normalized spacial score (nSPS) is 37.5. The summed E-state index contributed by atoms with van der Waals surface area (Å²) < 4.78 is 0. The molecule has 0 radical (unpaired) electrons. The Balaban J connectivity index is 1.66. The number of hydrogen-bond donors (Lipinski definition) is 1. The Labute approximate surface area is 101 Å². The highest BCUT2D eigenvalue weighted by Crippen LogP contribution is 2.30. The predicted octanol–water partition coefficient (Wildman–Crippen LogP) is 2.50. The lowest BCUT2D eigenvalue weighted by atomic mass is 9.81. The predicted molar refractivity (Wildman–Crippen MR) is 69.6 cm³/mol. The Morgan fingerprint density at radius 1 is 1.25 bits per heavy atom. The van der Waals surface area contributed by atoms with Gasteiger partial charge in [-0.1, -0.05) is 26.2 Å². The maximum atomic E-state index is 3.52. The molecule has 0 aromatic carbocycles. The lowest BCUT2D eigenvalue weighted by molar-refractivity contribution is 0.176. The molecule has 1 aliphatic carbocycles. The number of piperazine rings is 1. The van der Waals surface area contributed by atoms with Gasteiger partial charge in [-0.05, 0) is 38.1 Å². The van der Waals surface area contributed by atoms with Crippen molar-refractivity contribution in [1.82, 2.24) is 10.2 Å². The largest absolute Gasteiger partial charge is 0.312 e. The molecule has 3 atom stereocenters. The molecule has 1 saturated carbocycles. The van der Waals surface area contributed by atoms with Crippen molar-refractivity contribution in [3.05, 3.63) is 0 Å². The van der Waals surface area contributed by atoms with Crippen LogP contribution in [-0.4, -0.2) is 37.1 Å². The first-order valence-electron chi connectivity index (χ1n) is 7.20. The zero-order valence-electron chi connectivity index (χ0n) is 11.0. The van der Waals surface area contributed by atoms with Crippen molar-refractivity contribution in [2.45, 2.75) is 52.0 Å². The van der Waals surface area contributed by atoms with Crippen molar-refractivity contribution >= 4 is 0 Å². The quantitative estimate of drug-likeness (QED) is 0.792. The second-order valence-electron chi connectivity index (χ2n) is 6.08. The average molecular weight is 224 g/mol. The third-order valence-corrected chi connectivity index (χ3v) is 4.35. The molecule has 2 heteroatoms. The third-order valence-electron chi connectivity index (χ3n) is 4.35. The van der Waals surface area contributed by atoms with E-state index in [1.807, 2.05) is 0 Å². The summed E-state index contributed by atoms with van der Waals surface area (Å²) in [6, 6.07) is 0.694. The van der Waals surface area contributed by atoms with Crippen molar-refractivity contribution in [2.75, 3.05) is 26.2 Å². The van der Waals surface area contributed by atoms with Gasteiger partial charge >= 0.3 is 0 Å². The van der Waals surface area contributed by atoms with Crippen LogP contribution in [-0.2, 0) is 0 Å². The van der Waals surface area contributed by atoms with Crippen LogP contribution >= 0.6 is 0 Å². The highest BCUT2D eigenvalue weighted by Gasteiger charge is 2.21. The van der Waals surface area contributed by atoms with E-state index in [9.17, 15) is 0 Å². The Bertz CT molecular complexity index is 183. The van der Waals surface area contributed by atoms with Gasteiger partial charge in [-0.15, -0.1) is 0 Å². The van der Waals surface area contributed by atoms with Crippen molar-refractivity contribution < 1.29 is 0 Å². The molecule has 2 rings (SSSR count). The van der Waals surface area contributed by atoms with Gasteiger partial charge < -0.3 is 10.2 Å². The van der Waals surface area contributed by atoms with Crippen LogP contribution < -0.4 is 5.32 Å². The van der Waals surface area contributed by atoms with E-state index in [0.717, 1.165) is 11.8 Å². The highest BCUT2D eigenvalue weighted by atomic mass is 15.2. The Morgan fingerprint density at radius 3 is 2.88 bits per heavy atom. The summed E-state index contributed by atoms with van der Waals surface area (Å²) in [5.74, 6) is 2.01. The van der Waals surface area contributed by atoms with Gasteiger partial charge in [0, 0.05) is 25.7 Å². The second kappa shape index (κ2) is 6.02. The fourth-order valence-electron chi connectivity index (χ4n) is 3.40. The molecule has 3 unspecified atom stereocenters. The summed E-state index contributed by atoms with van der Waals surface area (Å²) in [6.45, 7) is 9.76. The third kappa shape index (κ3) is 3.74. The van der Waals surface area contributed by atoms with Crippen LogP contribution in [0.15, 0.2) is 0 Å². The molecule has 0 aromatic rings. The fourth-order valence-corrected chi connectivity index (χ4v) is 3.40. The summed E-state index contributed by atoms with van der Waals surface area (Å²) in [6.07, 6.45) is 7.37. The molecule has 1 N–H and O–H groups in total. The summed E-state index contributed by atoms with van der Waals surface area (Å²) in [7, 11) is 0. The van der Waals surface area contributed by atoms with Crippen LogP contribution in [0.4, 0.5) is 0 Å². The minimum Gasteiger partial charge on any atom is -0.312 e. The van der Waals surface area contributed by atoms with E-state index in [2.05, 4.69) is 24.1 Å². The second-order valence-corrected chi connectivity index (χ2v) is 6.08. The Kier molecular flexibility index (Phi) is 4.66. The van der Waals surface area contributed by atoms with E-state index in [4.69, 9.17) is 0 Å². The molecular weight excluding hydrogens is 196 g/mol. The maximum absolute atomic E-state index is 3.52. The Morgan fingerprint density at radius 2 is 2.12 bits per heavy atom. The molecule has 2 fully saturated rings. The first-order valence-corrected chi connectivity index (χ1v) is 7.20. The number of nitrogens with one attached hydrogen (secondary N) is 1. The van der Waals surface area contributed by atoms with E-state index in [-0.39, 0.29) is 0 Å². The zero-order valence-corrected chi connectivity index (χ0v) is 11.0. The first-order chi connectivity index (χ1) is 7.74. The standard InChI is InChI=1S/C14H28N2/c1-12-4-3-5-14(10-12)6-8-16-9-7-15-13(2)11-16/h12-15H,3-11H2,1-2H3. The van der Waals surface area contributed by atoms with Gasteiger partial charge in [-0.25, -0.2) is 0 Å². The Hall–Kier alpha value is -0.0800. The lowest BCUT2D eigenvalue weighted by Gasteiger charge is -2.34. The summed E-state index contributed by atoms with van der Waals surface area (Å²) >= 11 is 0. The van der Waals surface area contributed by atoms with Gasteiger partial charge in [-0.3, -0.25) is 0 Å². The van der Waals surface area contributed by atoms with Gasteiger partial charge in [0.1, 0.15) is 0 Å². The minimum atomic E-state index is 0.694. The molecule has 16 heavy (non-hydrogen) atoms. The molecule has 0 amide bonds. The molecule has 1 aliphatic heterocycles. The summed E-state index contributed by atoms with van der Waals surface area (Å²) in [4.78, 5) is 2.65. The van der Waals surface area contributed by atoms with E-state index in [1.54, 1.807) is 0 Å². The van der Waals surface area contributed by atoms with Crippen molar-refractivity contribution in [1.29, 1.82) is 0 Å². The molecule has 1 heterocycles. The smallest absolute Gasteiger partial charge is 0.0167 e. The van der Waals surface area contributed by atoms with Gasteiger partial charge in [0.2, 0.25) is 0 Å². The molecule has 94 valence electrons. The SMILES string of the molecule is CC1CCCC(CCN2CCNC(C)C2)C1. The van der Waals surface area contributed by atoms with E-state index in [0.29, 0.717) is 6.04 Å². The molecule has 2 aliphatic rings. The van der Waals surface area contributed by atoms with Crippen LogP contribution in [0.25, 0.3) is 0 Å². The monoisotopic (exact) mass is 224 g/mol. The van der Waals surface area contributed by atoms with E-state index >= 15 is 0 Å². The molecule has 0 bridgehead atoms. The van der Waals surface area contributed by atoms with Crippen molar-refractivity contribution in [2.24, 2.45) is 11.8 Å². The average Bonchev–Trinajstić information content (AvgIpc) is 2.27. The molecular formula is C14H28N2. The van der Waals surface area contributed by atoms with Gasteiger partial charge in [0.15, 0.2) is 0 Å². The van der Waals surface area contributed by atoms with Crippen LogP contribution in [0.5, 0.6) is 0 Å². The summed E-state index contributed by atoms with van der Waals surface area (Å²) in [5, 5.41) is 3.52. The fraction of sp³-hybridized carbons (Fsp3) is 1.00. The maximum Gasteiger partial charge on any atom is 0.0167 e. The van der Waals surface area contributed by atoms with Crippen LogP contribution in [0.2, 0.25) is 0 Å². The van der Waals surface area contributed by atoms with Crippen LogP contribution in [0.3, 0.4) is 0 Å². The van der Waals surface area contributed by atoms with Crippen LogP contribution in [0.1, 0.15) is 46.0 Å². The van der Waals surface area contributed by atoms with E-state index in [1.165, 1.54) is 58.3 Å². The summed E-state index contributed by atoms with van der Waals surface area (Å²) in [5.41, 5.74) is 0. The van der Waals surface area contributed by atoms with Gasteiger partial charge in [0.05, 0.1) is 0 Å². The van der Waals surface area contributed by atoms with Crippen molar-refractivity contribution in [3.8, 4) is 0 Å². The lowest BCUT2D eigenvalue weighted by Crippen LogP contribution is -2.49. The molecule has 0 spiro atoms. The number of nitrogens with zero attached hydrogens (tertiary/aromatic N) is 1. The van der Waals surface area contributed by atoms with Crippen molar-refractivity contribution in [3.63, 3.8) is 0 Å². The van der Waals surface area contributed by atoms with Gasteiger partial charge in [-0.2, -0.15) is 0 Å². The van der Waals surface area contributed by atoms with E-state index < -0.39 is 0 Å². The highest BCUT2D eigenvalue weighted by molar-refractivity contribution is 4.77. The van der Waals surface area contributed by atoms with Crippen LogP contribution in [0, 0.1) is 11.8 Å². The first kappa shape index (κ1) is 12.4. The topological polar surface area (TPSA) is 15.3 Å². The zero-order chi connectivity index (χ0) is 11.4. The molecule has 2 nitrogen and oxygen atoms in total. The minimum absolute atomic E-state index is 0.694. The molecule has 1 saturated heterocycles. The number of hydrogen-bond acceptors (Lipinski definition) is 2. The number of rotatable bonds is 3. The molecule has 0 aromatic heterocycles. The van der Waals surface area contributed by atoms with Gasteiger partial charge in [0.25, 0.3) is 0 Å².